The maximum Gasteiger partial charge on any atom is 0.432 e. The second-order valence-corrected chi connectivity index (χ2v) is 10.8. The third-order valence-corrected chi connectivity index (χ3v) is 6.84. The molecule has 0 bridgehead atoms. The van der Waals surface area contributed by atoms with Gasteiger partial charge in [-0.15, -0.1) is 0 Å². The lowest BCUT2D eigenvalue weighted by atomic mass is 10.0. The van der Waals surface area contributed by atoms with Crippen molar-refractivity contribution in [3.8, 4) is 0 Å². The van der Waals surface area contributed by atoms with Crippen LogP contribution in [0.25, 0.3) is 11.2 Å². The number of carbonyl (C=O) groups excluding carboxylic acids is 1. The van der Waals surface area contributed by atoms with E-state index < -0.39 is 26.3 Å². The number of hydroxylamine groups is 1. The molecule has 2 aromatic heterocycles. The highest BCUT2D eigenvalue weighted by Gasteiger charge is 2.31. The van der Waals surface area contributed by atoms with Crippen LogP contribution in [0.1, 0.15) is 39.7 Å². The molecule has 0 fully saturated rings. The molecule has 2 unspecified atom stereocenters. The van der Waals surface area contributed by atoms with Gasteiger partial charge in [0.2, 0.25) is 5.91 Å². The van der Waals surface area contributed by atoms with Crippen molar-refractivity contribution in [1.29, 1.82) is 0 Å². The summed E-state index contributed by atoms with van der Waals surface area (Å²) in [5.41, 5.74) is 10.2. The Morgan fingerprint density at radius 3 is 2.84 bits per heavy atom. The number of allylic oxidation sites excluding steroid dienone is 1. The summed E-state index contributed by atoms with van der Waals surface area (Å²) < 4.78 is 27.9. The molecule has 5 atom stereocenters. The second kappa shape index (κ2) is 11.9. The molecule has 1 aromatic carbocycles. The highest BCUT2D eigenvalue weighted by atomic mass is 31.2. The standard InChI is InChI=1S/C24H32N7O5P/c1-16(2)10-20(29-35-12-17-6-4-3-5-7-17)24(32)30-37(33,34)36-13-18-8-9-19(11-18)31-15-28-21-22(25)26-14-27-23(21)31/h3-9,14-16,18-20,29H,10-13H2,1-2H3,(H2,25,26,27)(H2,30,32,33,34)/t18-,19+,20-/m0/s1/i12D/t12?,18-,19+,20-. The predicted molar refractivity (Wildman–Crippen MR) is 138 cm³/mol. The van der Waals surface area contributed by atoms with E-state index in [4.69, 9.17) is 16.5 Å². The molecule has 1 amide bonds. The number of imidazole rings is 1. The quantitative estimate of drug-likeness (QED) is 0.155. The van der Waals surface area contributed by atoms with Gasteiger partial charge in [-0.1, -0.05) is 56.3 Å². The fourth-order valence-corrected chi connectivity index (χ4v) is 4.93. The van der Waals surface area contributed by atoms with Crippen LogP contribution < -0.4 is 16.3 Å². The Hall–Kier alpha value is -3.15. The first-order chi connectivity index (χ1) is 18.1. The third kappa shape index (κ3) is 7.21. The van der Waals surface area contributed by atoms with Gasteiger partial charge in [-0.25, -0.2) is 19.5 Å². The van der Waals surface area contributed by atoms with Crippen molar-refractivity contribution < 1.29 is 25.0 Å². The zero-order valence-electron chi connectivity index (χ0n) is 21.6. The lowest BCUT2D eigenvalue weighted by Crippen LogP contribution is -2.44. The number of hydrogen-bond donors (Lipinski definition) is 4. The molecule has 12 nitrogen and oxygen atoms in total. The summed E-state index contributed by atoms with van der Waals surface area (Å²) in [5.74, 6) is -0.563. The maximum atomic E-state index is 12.8. The third-order valence-electron chi connectivity index (χ3n) is 5.84. The van der Waals surface area contributed by atoms with Crippen LogP contribution in [0.3, 0.4) is 0 Å². The molecule has 0 radical (unpaired) electrons. The summed E-state index contributed by atoms with van der Waals surface area (Å²) in [6.07, 6.45) is 7.73. The molecule has 1 aliphatic rings. The van der Waals surface area contributed by atoms with Gasteiger partial charge >= 0.3 is 7.75 Å². The normalized spacial score (nSPS) is 21.0. The smallest absolute Gasteiger partial charge is 0.382 e. The van der Waals surface area contributed by atoms with Crippen LogP contribution in [0.15, 0.2) is 55.1 Å². The van der Waals surface area contributed by atoms with Gasteiger partial charge in [-0.3, -0.25) is 19.2 Å². The number of nitrogens with two attached hydrogens (primary N) is 1. The average Bonchev–Trinajstić information content (AvgIpc) is 3.53. The van der Waals surface area contributed by atoms with Gasteiger partial charge < -0.3 is 15.2 Å². The molecule has 13 heteroatoms. The fraction of sp³-hybridized carbons (Fsp3) is 0.417. The Labute approximate surface area is 216 Å². The zero-order valence-corrected chi connectivity index (χ0v) is 21.5. The number of rotatable bonds is 12. The number of fused-ring (bicyclic) bond motifs is 1. The van der Waals surface area contributed by atoms with E-state index in [-0.39, 0.29) is 24.5 Å². The molecule has 1 aliphatic carbocycles. The first kappa shape index (κ1) is 25.5. The monoisotopic (exact) mass is 530 g/mol. The summed E-state index contributed by atoms with van der Waals surface area (Å²) in [7, 11) is -4.46. The lowest BCUT2D eigenvalue weighted by molar-refractivity contribution is -0.127. The van der Waals surface area contributed by atoms with E-state index in [1.54, 1.807) is 30.6 Å². The van der Waals surface area contributed by atoms with Gasteiger partial charge in [0.1, 0.15) is 17.9 Å². The van der Waals surface area contributed by atoms with Gasteiger partial charge in [0.15, 0.2) is 11.5 Å². The number of amides is 1. The summed E-state index contributed by atoms with van der Waals surface area (Å²) in [5, 5.41) is 2.09. The van der Waals surface area contributed by atoms with Crippen LogP contribution in [-0.2, 0) is 25.3 Å². The SMILES string of the molecule is [2H]C(ON[C@@H](CC(C)C)C(=O)NP(=O)(O)OC[C@H]1C=C[C@@H](n2cnc3c(N)ncnc32)C1)c1ccccc1. The number of nitrogen functional groups attached to an aromatic ring is 1. The number of nitrogens with zero attached hydrogens (tertiary/aromatic N) is 4. The number of benzene rings is 1. The maximum absolute atomic E-state index is 12.8. The van der Waals surface area contributed by atoms with Crippen molar-refractivity contribution in [3.63, 3.8) is 0 Å². The molecule has 0 aliphatic heterocycles. The van der Waals surface area contributed by atoms with Crippen molar-refractivity contribution in [1.82, 2.24) is 30.1 Å². The van der Waals surface area contributed by atoms with Crippen LogP contribution in [0.5, 0.6) is 0 Å². The van der Waals surface area contributed by atoms with Gasteiger partial charge in [-0.2, -0.15) is 5.48 Å². The van der Waals surface area contributed by atoms with Crippen molar-refractivity contribution >= 4 is 30.6 Å². The van der Waals surface area contributed by atoms with E-state index in [0.29, 0.717) is 35.4 Å². The van der Waals surface area contributed by atoms with Crippen molar-refractivity contribution in [2.75, 3.05) is 12.3 Å². The van der Waals surface area contributed by atoms with Crippen LogP contribution in [0.4, 0.5) is 5.82 Å². The topological polar surface area (TPSA) is 167 Å². The number of hydrogen-bond acceptors (Lipinski definition) is 9. The van der Waals surface area contributed by atoms with E-state index in [9.17, 15) is 14.3 Å². The average molecular weight is 531 g/mol. The Morgan fingerprint density at radius 2 is 2.08 bits per heavy atom. The largest absolute Gasteiger partial charge is 0.432 e. The van der Waals surface area contributed by atoms with E-state index in [0.717, 1.165) is 0 Å². The number of aromatic nitrogens is 4. The van der Waals surface area contributed by atoms with Crippen molar-refractivity contribution in [3.05, 3.63) is 60.7 Å². The van der Waals surface area contributed by atoms with Gasteiger partial charge in [0.25, 0.3) is 0 Å². The molecule has 3 aromatic rings. The minimum Gasteiger partial charge on any atom is -0.382 e. The summed E-state index contributed by atoms with van der Waals surface area (Å²) in [4.78, 5) is 41.0. The van der Waals surface area contributed by atoms with Crippen LogP contribution in [0, 0.1) is 11.8 Å². The highest BCUT2D eigenvalue weighted by Crippen LogP contribution is 2.40. The van der Waals surface area contributed by atoms with Gasteiger partial charge in [0.05, 0.1) is 26.9 Å². The minimum absolute atomic E-state index is 0.0715. The van der Waals surface area contributed by atoms with E-state index in [2.05, 4.69) is 25.5 Å². The van der Waals surface area contributed by atoms with Crippen LogP contribution in [0.2, 0.25) is 0 Å². The molecule has 0 saturated carbocycles. The molecule has 0 saturated heterocycles. The predicted octanol–water partition coefficient (Wildman–Crippen LogP) is 2.90. The van der Waals surface area contributed by atoms with Crippen LogP contribution >= 0.6 is 7.75 Å². The van der Waals surface area contributed by atoms with Gasteiger partial charge in [0, 0.05) is 5.92 Å². The lowest BCUT2D eigenvalue weighted by Gasteiger charge is -2.22. The molecule has 37 heavy (non-hydrogen) atoms. The molecule has 198 valence electrons. The Bertz CT molecular complexity index is 1320. The van der Waals surface area contributed by atoms with Crippen LogP contribution in [-0.4, -0.2) is 43.0 Å². The highest BCUT2D eigenvalue weighted by molar-refractivity contribution is 7.51. The van der Waals surface area contributed by atoms with E-state index in [1.165, 1.54) is 6.33 Å². The summed E-state index contributed by atoms with van der Waals surface area (Å²) >= 11 is 0. The Balaban J connectivity index is 1.30. The van der Waals surface area contributed by atoms with Crippen molar-refractivity contribution in [2.45, 2.75) is 45.4 Å². The molecular formula is C24H32N7O5P. The Morgan fingerprint density at radius 1 is 1.30 bits per heavy atom. The van der Waals surface area contributed by atoms with Gasteiger partial charge in [-0.05, 0) is 24.3 Å². The number of anilines is 1. The molecule has 2 heterocycles. The molecular weight excluding hydrogens is 497 g/mol. The van der Waals surface area contributed by atoms with E-state index >= 15 is 0 Å². The fourth-order valence-electron chi connectivity index (χ4n) is 4.04. The summed E-state index contributed by atoms with van der Waals surface area (Å²) in [6, 6.07) is 7.79. The Kier molecular flexibility index (Phi) is 8.22. The second-order valence-electron chi connectivity index (χ2n) is 9.27. The molecule has 4 rings (SSSR count). The first-order valence-electron chi connectivity index (χ1n) is 12.5. The number of nitrogens with one attached hydrogen (secondary N) is 2. The van der Waals surface area contributed by atoms with E-state index in [1.807, 2.05) is 36.6 Å². The van der Waals surface area contributed by atoms with Crippen molar-refractivity contribution in [2.24, 2.45) is 11.8 Å². The number of carbonyl (C=O) groups is 1. The molecule has 0 spiro atoms. The zero-order chi connectivity index (χ0) is 27.3. The summed E-state index contributed by atoms with van der Waals surface area (Å²) in [6.45, 7) is 2.65. The minimum atomic E-state index is -4.46. The first-order valence-corrected chi connectivity index (χ1v) is 13.5. The molecule has 5 N–H and O–H groups in total.